The second-order valence-electron chi connectivity index (χ2n) is 6.61. The minimum absolute atomic E-state index is 0. The fourth-order valence-electron chi connectivity index (χ4n) is 3.67. The Hall–Kier alpha value is -1.17. The minimum atomic E-state index is -0.202. The van der Waals surface area contributed by atoms with Crippen molar-refractivity contribution in [1.29, 1.82) is 0 Å². The number of nitrogens with one attached hydrogen (secondary N) is 2. The van der Waals surface area contributed by atoms with Gasteiger partial charge in [-0.25, -0.2) is 4.39 Å². The number of piperazine rings is 1. The first-order chi connectivity index (χ1) is 11.2. The Labute approximate surface area is 149 Å². The summed E-state index contributed by atoms with van der Waals surface area (Å²) in [4.78, 5) is 14.4. The number of hydrogen-bond acceptors (Lipinski definition) is 3. The third kappa shape index (κ3) is 5.16. The lowest BCUT2D eigenvalue weighted by molar-refractivity contribution is -0.122. The van der Waals surface area contributed by atoms with E-state index in [2.05, 4.69) is 15.5 Å². The lowest BCUT2D eigenvalue weighted by atomic mass is 10.0. The number of nitrogens with zero attached hydrogens (tertiary/aromatic N) is 1. The van der Waals surface area contributed by atoms with Crippen LogP contribution in [0, 0.1) is 5.82 Å². The van der Waals surface area contributed by atoms with Gasteiger partial charge in [0.1, 0.15) is 5.82 Å². The summed E-state index contributed by atoms with van der Waals surface area (Å²) in [7, 11) is 0. The number of halogens is 2. The number of carbonyl (C=O) groups excluding carboxylic acids is 1. The second kappa shape index (κ2) is 9.35. The third-order valence-corrected chi connectivity index (χ3v) is 4.93. The molecule has 1 heterocycles. The monoisotopic (exact) mass is 355 g/mol. The lowest BCUT2D eigenvalue weighted by Crippen LogP contribution is -2.47. The van der Waals surface area contributed by atoms with Crippen molar-refractivity contribution in [2.75, 3.05) is 26.2 Å². The summed E-state index contributed by atoms with van der Waals surface area (Å²) in [6.45, 7) is 3.32. The summed E-state index contributed by atoms with van der Waals surface area (Å²) < 4.78 is 13.5. The van der Waals surface area contributed by atoms with Crippen LogP contribution in [0.3, 0.4) is 0 Å². The van der Waals surface area contributed by atoms with Crippen molar-refractivity contribution in [2.24, 2.45) is 0 Å². The molecule has 2 N–H and O–H groups in total. The van der Waals surface area contributed by atoms with Gasteiger partial charge in [-0.2, -0.15) is 0 Å². The summed E-state index contributed by atoms with van der Waals surface area (Å²) in [5.41, 5.74) is 0.980. The Morgan fingerprint density at radius 1 is 1.33 bits per heavy atom. The Kier molecular flexibility index (Phi) is 7.46. The van der Waals surface area contributed by atoms with E-state index in [9.17, 15) is 9.18 Å². The number of benzene rings is 1. The molecule has 1 aromatic carbocycles. The van der Waals surface area contributed by atoms with E-state index < -0.39 is 0 Å². The topological polar surface area (TPSA) is 44.4 Å². The molecule has 1 amide bonds. The van der Waals surface area contributed by atoms with Crippen molar-refractivity contribution in [3.05, 3.63) is 35.6 Å². The van der Waals surface area contributed by atoms with Crippen molar-refractivity contribution in [3.8, 4) is 0 Å². The SMILES string of the molecule is Cl.O=C(CCN1CCNCC1c1cccc(F)c1)NC1CCCC1. The van der Waals surface area contributed by atoms with Crippen LogP contribution < -0.4 is 10.6 Å². The predicted molar refractivity (Wildman–Crippen MR) is 95.8 cm³/mol. The second-order valence-corrected chi connectivity index (χ2v) is 6.61. The van der Waals surface area contributed by atoms with E-state index in [1.165, 1.54) is 18.9 Å². The van der Waals surface area contributed by atoms with Gasteiger partial charge in [0.05, 0.1) is 0 Å². The summed E-state index contributed by atoms with van der Waals surface area (Å²) in [5, 5.41) is 6.51. The maximum Gasteiger partial charge on any atom is 0.221 e. The van der Waals surface area contributed by atoms with E-state index in [1.807, 2.05) is 6.07 Å². The van der Waals surface area contributed by atoms with Crippen molar-refractivity contribution in [2.45, 2.75) is 44.2 Å². The van der Waals surface area contributed by atoms with Crippen LogP contribution in [0.4, 0.5) is 4.39 Å². The highest BCUT2D eigenvalue weighted by atomic mass is 35.5. The van der Waals surface area contributed by atoms with E-state index in [-0.39, 0.29) is 30.2 Å². The van der Waals surface area contributed by atoms with Crippen LogP contribution >= 0.6 is 12.4 Å². The molecule has 2 aliphatic rings. The molecule has 1 unspecified atom stereocenters. The summed E-state index contributed by atoms with van der Waals surface area (Å²) in [6.07, 6.45) is 5.20. The van der Waals surface area contributed by atoms with Gasteiger partial charge in [0, 0.05) is 44.7 Å². The van der Waals surface area contributed by atoms with E-state index in [1.54, 1.807) is 12.1 Å². The van der Waals surface area contributed by atoms with Gasteiger partial charge >= 0.3 is 0 Å². The minimum Gasteiger partial charge on any atom is -0.353 e. The van der Waals surface area contributed by atoms with Crippen LogP contribution in [0.2, 0.25) is 0 Å². The molecular formula is C18H27ClFN3O. The molecule has 0 aromatic heterocycles. The molecule has 1 atom stereocenters. The normalized spacial score (nSPS) is 22.1. The van der Waals surface area contributed by atoms with Crippen molar-refractivity contribution in [1.82, 2.24) is 15.5 Å². The molecule has 1 saturated heterocycles. The fourth-order valence-corrected chi connectivity index (χ4v) is 3.67. The van der Waals surface area contributed by atoms with Gasteiger partial charge in [-0.15, -0.1) is 12.4 Å². The largest absolute Gasteiger partial charge is 0.353 e. The Bertz CT molecular complexity index is 537. The Balaban J connectivity index is 0.00000208. The summed E-state index contributed by atoms with van der Waals surface area (Å²) in [5.74, 6) is -0.0552. The molecule has 1 aliphatic carbocycles. The van der Waals surface area contributed by atoms with Crippen LogP contribution in [0.1, 0.15) is 43.7 Å². The average molecular weight is 356 g/mol. The molecule has 2 fully saturated rings. The van der Waals surface area contributed by atoms with Gasteiger partial charge in [-0.05, 0) is 30.5 Å². The quantitative estimate of drug-likeness (QED) is 0.853. The van der Waals surface area contributed by atoms with E-state index >= 15 is 0 Å². The molecule has 1 aromatic rings. The van der Waals surface area contributed by atoms with Gasteiger partial charge in [0.15, 0.2) is 0 Å². The summed E-state index contributed by atoms with van der Waals surface area (Å²) >= 11 is 0. The smallest absolute Gasteiger partial charge is 0.221 e. The maximum absolute atomic E-state index is 13.5. The zero-order valence-corrected chi connectivity index (χ0v) is 14.8. The first-order valence-corrected chi connectivity index (χ1v) is 8.72. The average Bonchev–Trinajstić information content (AvgIpc) is 3.06. The van der Waals surface area contributed by atoms with Crippen molar-refractivity contribution in [3.63, 3.8) is 0 Å². The van der Waals surface area contributed by atoms with Gasteiger partial charge < -0.3 is 10.6 Å². The number of rotatable bonds is 5. The van der Waals surface area contributed by atoms with Crippen molar-refractivity contribution < 1.29 is 9.18 Å². The molecule has 4 nitrogen and oxygen atoms in total. The van der Waals surface area contributed by atoms with Crippen LogP contribution in [-0.4, -0.2) is 43.0 Å². The van der Waals surface area contributed by atoms with Crippen LogP contribution in [-0.2, 0) is 4.79 Å². The molecule has 0 radical (unpaired) electrons. The number of hydrogen-bond donors (Lipinski definition) is 2. The van der Waals surface area contributed by atoms with Crippen LogP contribution in [0.5, 0.6) is 0 Å². The van der Waals surface area contributed by atoms with Crippen LogP contribution in [0.25, 0.3) is 0 Å². The zero-order valence-electron chi connectivity index (χ0n) is 14.0. The Morgan fingerprint density at radius 2 is 2.12 bits per heavy atom. The molecule has 1 aliphatic heterocycles. The van der Waals surface area contributed by atoms with Gasteiger partial charge in [0.25, 0.3) is 0 Å². The highest BCUT2D eigenvalue weighted by molar-refractivity contribution is 5.85. The molecule has 134 valence electrons. The molecule has 3 rings (SSSR count). The first-order valence-electron chi connectivity index (χ1n) is 8.72. The van der Waals surface area contributed by atoms with E-state index in [0.717, 1.165) is 44.6 Å². The highest BCUT2D eigenvalue weighted by Gasteiger charge is 2.25. The maximum atomic E-state index is 13.5. The molecular weight excluding hydrogens is 329 g/mol. The van der Waals surface area contributed by atoms with E-state index in [0.29, 0.717) is 12.5 Å². The lowest BCUT2D eigenvalue weighted by Gasteiger charge is -2.36. The fraction of sp³-hybridized carbons (Fsp3) is 0.611. The van der Waals surface area contributed by atoms with Gasteiger partial charge in [-0.1, -0.05) is 25.0 Å². The molecule has 0 bridgehead atoms. The first kappa shape index (κ1) is 19.2. The Morgan fingerprint density at radius 3 is 2.88 bits per heavy atom. The molecule has 6 heteroatoms. The molecule has 24 heavy (non-hydrogen) atoms. The predicted octanol–water partition coefficient (Wildman–Crippen LogP) is 2.64. The van der Waals surface area contributed by atoms with Gasteiger partial charge in [-0.3, -0.25) is 9.69 Å². The zero-order chi connectivity index (χ0) is 16.1. The number of amides is 1. The number of carbonyl (C=O) groups is 1. The summed E-state index contributed by atoms with van der Waals surface area (Å²) in [6, 6.07) is 7.31. The van der Waals surface area contributed by atoms with Gasteiger partial charge in [0.2, 0.25) is 5.91 Å². The van der Waals surface area contributed by atoms with Crippen molar-refractivity contribution >= 4 is 18.3 Å². The molecule has 0 spiro atoms. The van der Waals surface area contributed by atoms with Crippen LogP contribution in [0.15, 0.2) is 24.3 Å². The highest BCUT2D eigenvalue weighted by Crippen LogP contribution is 2.23. The molecule has 1 saturated carbocycles. The third-order valence-electron chi connectivity index (χ3n) is 4.93. The van der Waals surface area contributed by atoms with E-state index in [4.69, 9.17) is 0 Å². The standard InChI is InChI=1S/C18H26FN3O.ClH/c19-15-5-3-4-14(12-15)17-13-20-9-11-22(17)10-8-18(23)21-16-6-1-2-7-16;/h3-5,12,16-17,20H,1-2,6-11,13H2,(H,21,23);1H.